The molecule has 0 saturated heterocycles. The van der Waals surface area contributed by atoms with Gasteiger partial charge in [0.05, 0.1) is 26.4 Å². The predicted octanol–water partition coefficient (Wildman–Crippen LogP) is 0.177. The summed E-state index contributed by atoms with van der Waals surface area (Å²) in [6.45, 7) is 0.918. The van der Waals surface area contributed by atoms with Crippen molar-refractivity contribution in [1.29, 1.82) is 0 Å². The summed E-state index contributed by atoms with van der Waals surface area (Å²) in [5.74, 6) is 0.520. The molecular formula is C13H19NO5. The highest BCUT2D eigenvalue weighted by Gasteiger charge is 2.21. The molecule has 1 rings (SSSR count). The summed E-state index contributed by atoms with van der Waals surface area (Å²) in [4.78, 5) is 12.0. The van der Waals surface area contributed by atoms with Gasteiger partial charge in [-0.15, -0.1) is 0 Å². The number of carbonyl (C=O) groups is 1. The lowest BCUT2D eigenvalue weighted by Crippen LogP contribution is -2.43. The number of ether oxygens (including phenoxy) is 2. The monoisotopic (exact) mass is 269 g/mol. The normalized spacial score (nSPS) is 13.5. The van der Waals surface area contributed by atoms with Gasteiger partial charge in [0.25, 0.3) is 5.91 Å². The SMILES string of the molecule is COc1ccc(OC)c(C(=O)NCC(C)(O)CO)c1. The molecular weight excluding hydrogens is 250 g/mol. The summed E-state index contributed by atoms with van der Waals surface area (Å²) >= 11 is 0. The van der Waals surface area contributed by atoms with E-state index in [-0.39, 0.29) is 6.54 Å². The number of carbonyl (C=O) groups excluding carboxylic acids is 1. The van der Waals surface area contributed by atoms with Crippen molar-refractivity contribution in [1.82, 2.24) is 5.32 Å². The van der Waals surface area contributed by atoms with Gasteiger partial charge < -0.3 is 25.0 Å². The number of aliphatic hydroxyl groups excluding tert-OH is 1. The predicted molar refractivity (Wildman–Crippen MR) is 69.6 cm³/mol. The molecule has 0 aliphatic heterocycles. The number of methoxy groups -OCH3 is 2. The van der Waals surface area contributed by atoms with Crippen LogP contribution in [0.5, 0.6) is 11.5 Å². The zero-order valence-electron chi connectivity index (χ0n) is 11.3. The molecule has 1 unspecified atom stereocenters. The third-order valence-electron chi connectivity index (χ3n) is 2.62. The first kappa shape index (κ1) is 15.3. The van der Waals surface area contributed by atoms with Gasteiger partial charge in [0, 0.05) is 6.54 Å². The highest BCUT2D eigenvalue weighted by Crippen LogP contribution is 2.23. The van der Waals surface area contributed by atoms with E-state index in [0.29, 0.717) is 17.1 Å². The molecule has 0 spiro atoms. The summed E-state index contributed by atoms with van der Waals surface area (Å²) < 4.78 is 10.1. The van der Waals surface area contributed by atoms with Gasteiger partial charge in [0.1, 0.15) is 17.1 Å². The summed E-state index contributed by atoms with van der Waals surface area (Å²) in [6, 6.07) is 4.85. The fourth-order valence-electron chi connectivity index (χ4n) is 1.41. The topological polar surface area (TPSA) is 88.0 Å². The molecule has 1 aromatic rings. The van der Waals surface area contributed by atoms with Gasteiger partial charge in [0.2, 0.25) is 0 Å². The average Bonchev–Trinajstić information content (AvgIpc) is 2.44. The maximum absolute atomic E-state index is 12.0. The molecule has 3 N–H and O–H groups in total. The summed E-state index contributed by atoms with van der Waals surface area (Å²) in [7, 11) is 2.96. The number of nitrogens with one attached hydrogen (secondary N) is 1. The minimum Gasteiger partial charge on any atom is -0.497 e. The molecule has 19 heavy (non-hydrogen) atoms. The number of aliphatic hydroxyl groups is 2. The summed E-state index contributed by atoms with van der Waals surface area (Å²) in [6.07, 6.45) is 0. The molecule has 0 saturated carbocycles. The van der Waals surface area contributed by atoms with Crippen molar-refractivity contribution in [2.75, 3.05) is 27.4 Å². The first-order chi connectivity index (χ1) is 8.93. The van der Waals surface area contributed by atoms with Crippen molar-refractivity contribution in [3.05, 3.63) is 23.8 Å². The van der Waals surface area contributed by atoms with Gasteiger partial charge in [0.15, 0.2) is 0 Å². The maximum atomic E-state index is 12.0. The Kier molecular flexibility index (Phi) is 5.14. The van der Waals surface area contributed by atoms with Crippen molar-refractivity contribution in [2.24, 2.45) is 0 Å². The van der Waals surface area contributed by atoms with Gasteiger partial charge in [-0.1, -0.05) is 0 Å². The minimum absolute atomic E-state index is 0.0668. The maximum Gasteiger partial charge on any atom is 0.255 e. The molecule has 6 nitrogen and oxygen atoms in total. The molecule has 1 amide bonds. The van der Waals surface area contributed by atoms with Gasteiger partial charge in [-0.3, -0.25) is 4.79 Å². The quantitative estimate of drug-likeness (QED) is 0.685. The second kappa shape index (κ2) is 6.40. The molecule has 106 valence electrons. The lowest BCUT2D eigenvalue weighted by atomic mass is 10.1. The molecule has 0 heterocycles. The van der Waals surface area contributed by atoms with Crippen molar-refractivity contribution >= 4 is 5.91 Å². The van der Waals surface area contributed by atoms with E-state index >= 15 is 0 Å². The van der Waals surface area contributed by atoms with E-state index in [1.165, 1.54) is 21.1 Å². The molecule has 6 heteroatoms. The van der Waals surface area contributed by atoms with E-state index < -0.39 is 18.1 Å². The van der Waals surface area contributed by atoms with Crippen LogP contribution in [0.2, 0.25) is 0 Å². The van der Waals surface area contributed by atoms with Crippen LogP contribution in [-0.4, -0.2) is 49.1 Å². The van der Waals surface area contributed by atoms with Gasteiger partial charge in [-0.25, -0.2) is 0 Å². The number of amides is 1. The minimum atomic E-state index is -1.36. The van der Waals surface area contributed by atoms with E-state index in [4.69, 9.17) is 14.6 Å². The molecule has 0 fully saturated rings. The Bertz CT molecular complexity index is 445. The van der Waals surface area contributed by atoms with E-state index in [1.807, 2.05) is 0 Å². The van der Waals surface area contributed by atoms with Crippen LogP contribution in [0.25, 0.3) is 0 Å². The standard InChI is InChI=1S/C13H19NO5/c1-13(17,8-15)7-14-12(16)10-6-9(18-2)4-5-11(10)19-3/h4-6,15,17H,7-8H2,1-3H3,(H,14,16). The molecule has 0 radical (unpaired) electrons. The van der Waals surface area contributed by atoms with Crippen molar-refractivity contribution in [3.63, 3.8) is 0 Å². The van der Waals surface area contributed by atoms with Crippen LogP contribution in [0.15, 0.2) is 18.2 Å². The molecule has 0 bridgehead atoms. The van der Waals surface area contributed by atoms with Crippen LogP contribution in [0, 0.1) is 0 Å². The molecule has 0 aromatic heterocycles. The largest absolute Gasteiger partial charge is 0.497 e. The van der Waals surface area contributed by atoms with E-state index in [1.54, 1.807) is 18.2 Å². The Labute approximate surface area is 112 Å². The number of rotatable bonds is 6. The summed E-state index contributed by atoms with van der Waals surface area (Å²) in [5.41, 5.74) is -1.06. The second-order valence-electron chi connectivity index (χ2n) is 4.40. The molecule has 0 aliphatic carbocycles. The Morgan fingerprint density at radius 3 is 2.58 bits per heavy atom. The highest BCUT2D eigenvalue weighted by molar-refractivity contribution is 5.97. The van der Waals surface area contributed by atoms with Crippen LogP contribution >= 0.6 is 0 Å². The zero-order chi connectivity index (χ0) is 14.5. The lowest BCUT2D eigenvalue weighted by Gasteiger charge is -2.21. The van der Waals surface area contributed by atoms with Crippen LogP contribution in [0.4, 0.5) is 0 Å². The molecule has 0 aliphatic rings. The third kappa shape index (κ3) is 4.11. The number of benzene rings is 1. The fraction of sp³-hybridized carbons (Fsp3) is 0.462. The highest BCUT2D eigenvalue weighted by atomic mass is 16.5. The van der Waals surface area contributed by atoms with Gasteiger partial charge in [-0.2, -0.15) is 0 Å². The van der Waals surface area contributed by atoms with Crippen molar-refractivity contribution in [3.8, 4) is 11.5 Å². The van der Waals surface area contributed by atoms with E-state index in [0.717, 1.165) is 0 Å². The molecule has 1 aromatic carbocycles. The Hall–Kier alpha value is -1.79. The number of hydrogen-bond donors (Lipinski definition) is 3. The Morgan fingerprint density at radius 2 is 2.05 bits per heavy atom. The van der Waals surface area contributed by atoms with Gasteiger partial charge in [-0.05, 0) is 25.1 Å². The average molecular weight is 269 g/mol. The lowest BCUT2D eigenvalue weighted by molar-refractivity contribution is 0.00318. The van der Waals surface area contributed by atoms with Gasteiger partial charge >= 0.3 is 0 Å². The third-order valence-corrected chi connectivity index (χ3v) is 2.62. The van der Waals surface area contributed by atoms with Crippen LogP contribution < -0.4 is 14.8 Å². The van der Waals surface area contributed by atoms with Crippen molar-refractivity contribution in [2.45, 2.75) is 12.5 Å². The zero-order valence-corrected chi connectivity index (χ0v) is 11.3. The van der Waals surface area contributed by atoms with Crippen LogP contribution in [-0.2, 0) is 0 Å². The smallest absolute Gasteiger partial charge is 0.255 e. The second-order valence-corrected chi connectivity index (χ2v) is 4.40. The van der Waals surface area contributed by atoms with Crippen molar-refractivity contribution < 1.29 is 24.5 Å². The summed E-state index contributed by atoms with van der Waals surface area (Å²) in [5, 5.41) is 21.1. The van der Waals surface area contributed by atoms with Crippen LogP contribution in [0.3, 0.4) is 0 Å². The van der Waals surface area contributed by atoms with Crippen LogP contribution in [0.1, 0.15) is 17.3 Å². The number of hydrogen-bond acceptors (Lipinski definition) is 5. The first-order valence-corrected chi connectivity index (χ1v) is 5.77. The fourth-order valence-corrected chi connectivity index (χ4v) is 1.41. The first-order valence-electron chi connectivity index (χ1n) is 5.77. The van der Waals surface area contributed by atoms with E-state index in [2.05, 4.69) is 5.32 Å². The van der Waals surface area contributed by atoms with E-state index in [9.17, 15) is 9.90 Å². The Morgan fingerprint density at radius 1 is 1.37 bits per heavy atom. The molecule has 1 atom stereocenters. The Balaban J connectivity index is 2.86.